The average Bonchev–Trinajstić information content (AvgIpc) is 2.67. The molecule has 1 aromatic rings. The van der Waals surface area contributed by atoms with Crippen LogP contribution < -0.4 is 9.47 Å². The Morgan fingerprint density at radius 2 is 2.11 bits per heavy atom. The monoisotopic (exact) mass is 252 g/mol. The first kappa shape index (κ1) is 13.2. The fourth-order valence-electron chi connectivity index (χ4n) is 1.92. The average molecular weight is 252 g/mol. The molecule has 1 aliphatic heterocycles. The second-order valence-electron chi connectivity index (χ2n) is 4.92. The molecule has 1 atom stereocenters. The van der Waals surface area contributed by atoms with Gasteiger partial charge in [0.05, 0.1) is 13.7 Å². The summed E-state index contributed by atoms with van der Waals surface area (Å²) >= 11 is 0. The van der Waals surface area contributed by atoms with E-state index in [0.717, 1.165) is 17.1 Å². The van der Waals surface area contributed by atoms with Gasteiger partial charge in [-0.05, 0) is 38.5 Å². The molecule has 0 spiro atoms. The number of ether oxygens (including phenoxy) is 4. The molecule has 4 heteroatoms. The third-order valence-corrected chi connectivity index (χ3v) is 2.81. The quantitative estimate of drug-likeness (QED) is 0.825. The van der Waals surface area contributed by atoms with Crippen molar-refractivity contribution in [3.63, 3.8) is 0 Å². The Kier molecular flexibility index (Phi) is 3.78. The van der Waals surface area contributed by atoms with Crippen molar-refractivity contribution in [3.8, 4) is 11.5 Å². The summed E-state index contributed by atoms with van der Waals surface area (Å²) in [6, 6.07) is 5.86. The standard InChI is InChI=1S/C14H20O4/c1-10-5-6-12(13(7-10)15-4)16-8-11-9-17-14(2,3)18-11/h5-7,11H,8-9H2,1-4H3. The second kappa shape index (κ2) is 5.16. The number of hydrogen-bond donors (Lipinski definition) is 0. The molecule has 1 heterocycles. The Labute approximate surface area is 108 Å². The van der Waals surface area contributed by atoms with Crippen molar-refractivity contribution in [2.75, 3.05) is 20.3 Å². The predicted octanol–water partition coefficient (Wildman–Crippen LogP) is 2.53. The van der Waals surface area contributed by atoms with Crippen LogP contribution in [0.5, 0.6) is 11.5 Å². The second-order valence-corrected chi connectivity index (χ2v) is 4.92. The van der Waals surface area contributed by atoms with E-state index in [4.69, 9.17) is 18.9 Å². The summed E-state index contributed by atoms with van der Waals surface area (Å²) in [5, 5.41) is 0. The van der Waals surface area contributed by atoms with Crippen molar-refractivity contribution >= 4 is 0 Å². The lowest BCUT2D eigenvalue weighted by molar-refractivity contribution is -0.141. The zero-order valence-electron chi connectivity index (χ0n) is 11.4. The highest BCUT2D eigenvalue weighted by atomic mass is 16.7. The van der Waals surface area contributed by atoms with Gasteiger partial charge in [-0.25, -0.2) is 0 Å². The number of methoxy groups -OCH3 is 1. The normalized spacial score (nSPS) is 21.9. The van der Waals surface area contributed by atoms with Gasteiger partial charge in [-0.1, -0.05) is 6.07 Å². The summed E-state index contributed by atoms with van der Waals surface area (Å²) in [6.07, 6.45) is -0.0361. The van der Waals surface area contributed by atoms with Gasteiger partial charge in [0.15, 0.2) is 17.3 Å². The van der Waals surface area contributed by atoms with Crippen molar-refractivity contribution in [1.29, 1.82) is 0 Å². The lowest BCUT2D eigenvalue weighted by Gasteiger charge is -2.18. The van der Waals surface area contributed by atoms with E-state index in [1.165, 1.54) is 0 Å². The van der Waals surface area contributed by atoms with E-state index >= 15 is 0 Å². The molecule has 0 radical (unpaired) electrons. The first-order valence-electron chi connectivity index (χ1n) is 6.09. The zero-order chi connectivity index (χ0) is 13.2. The van der Waals surface area contributed by atoms with E-state index < -0.39 is 5.79 Å². The minimum atomic E-state index is -0.509. The maximum Gasteiger partial charge on any atom is 0.163 e. The Morgan fingerprint density at radius 1 is 1.33 bits per heavy atom. The van der Waals surface area contributed by atoms with E-state index in [1.807, 2.05) is 39.0 Å². The van der Waals surface area contributed by atoms with Crippen molar-refractivity contribution < 1.29 is 18.9 Å². The summed E-state index contributed by atoms with van der Waals surface area (Å²) in [4.78, 5) is 0. The minimum Gasteiger partial charge on any atom is -0.493 e. The molecule has 0 bridgehead atoms. The van der Waals surface area contributed by atoms with Gasteiger partial charge in [0.25, 0.3) is 0 Å². The summed E-state index contributed by atoms with van der Waals surface area (Å²) in [6.45, 7) is 6.84. The lowest BCUT2D eigenvalue weighted by atomic mass is 10.2. The molecule has 1 saturated heterocycles. The Morgan fingerprint density at radius 3 is 2.72 bits per heavy atom. The predicted molar refractivity (Wildman–Crippen MR) is 68.1 cm³/mol. The van der Waals surface area contributed by atoms with Gasteiger partial charge in [0, 0.05) is 0 Å². The molecule has 0 aliphatic carbocycles. The highest BCUT2D eigenvalue weighted by molar-refractivity contribution is 5.42. The van der Waals surface area contributed by atoms with Gasteiger partial charge >= 0.3 is 0 Å². The molecule has 0 saturated carbocycles. The van der Waals surface area contributed by atoms with E-state index in [1.54, 1.807) is 7.11 Å². The number of rotatable bonds is 4. The summed E-state index contributed by atoms with van der Waals surface area (Å²) in [7, 11) is 1.64. The molecule has 1 unspecified atom stereocenters. The van der Waals surface area contributed by atoms with Gasteiger partial charge in [0.1, 0.15) is 12.7 Å². The Hall–Kier alpha value is -1.26. The molecule has 1 aliphatic rings. The molecule has 1 aromatic carbocycles. The molecule has 0 aromatic heterocycles. The SMILES string of the molecule is COc1cc(C)ccc1OCC1COC(C)(C)O1. The number of aryl methyl sites for hydroxylation is 1. The Balaban J connectivity index is 1.94. The van der Waals surface area contributed by atoms with Crippen molar-refractivity contribution in [3.05, 3.63) is 23.8 Å². The topological polar surface area (TPSA) is 36.9 Å². The van der Waals surface area contributed by atoms with Gasteiger partial charge in [-0.15, -0.1) is 0 Å². The van der Waals surface area contributed by atoms with Gasteiger partial charge in [-0.3, -0.25) is 0 Å². The van der Waals surface area contributed by atoms with Crippen LogP contribution in [0, 0.1) is 6.92 Å². The molecule has 4 nitrogen and oxygen atoms in total. The molecule has 2 rings (SSSR count). The van der Waals surface area contributed by atoms with E-state index in [9.17, 15) is 0 Å². The van der Waals surface area contributed by atoms with Crippen molar-refractivity contribution in [2.24, 2.45) is 0 Å². The third-order valence-electron chi connectivity index (χ3n) is 2.81. The first-order chi connectivity index (χ1) is 8.50. The van der Waals surface area contributed by atoms with E-state index in [0.29, 0.717) is 13.2 Å². The molecule has 0 N–H and O–H groups in total. The molecular weight excluding hydrogens is 232 g/mol. The van der Waals surface area contributed by atoms with Crippen LogP contribution in [0.3, 0.4) is 0 Å². The lowest BCUT2D eigenvalue weighted by Crippen LogP contribution is -2.25. The summed E-state index contributed by atoms with van der Waals surface area (Å²) in [5.41, 5.74) is 1.14. The zero-order valence-corrected chi connectivity index (χ0v) is 11.4. The molecule has 18 heavy (non-hydrogen) atoms. The first-order valence-corrected chi connectivity index (χ1v) is 6.09. The van der Waals surface area contributed by atoms with Gasteiger partial charge < -0.3 is 18.9 Å². The van der Waals surface area contributed by atoms with Gasteiger partial charge in [-0.2, -0.15) is 0 Å². The van der Waals surface area contributed by atoms with Crippen LogP contribution in [0.2, 0.25) is 0 Å². The number of hydrogen-bond acceptors (Lipinski definition) is 4. The highest BCUT2D eigenvalue weighted by Gasteiger charge is 2.33. The van der Waals surface area contributed by atoms with Crippen LogP contribution >= 0.6 is 0 Å². The van der Waals surface area contributed by atoms with E-state index in [-0.39, 0.29) is 6.10 Å². The Bertz CT molecular complexity index is 414. The molecular formula is C14H20O4. The smallest absolute Gasteiger partial charge is 0.163 e. The fraction of sp³-hybridized carbons (Fsp3) is 0.571. The van der Waals surface area contributed by atoms with Gasteiger partial charge in [0.2, 0.25) is 0 Å². The minimum absolute atomic E-state index is 0.0361. The van der Waals surface area contributed by atoms with Crippen LogP contribution in [0.1, 0.15) is 19.4 Å². The van der Waals surface area contributed by atoms with Crippen LogP contribution in [-0.4, -0.2) is 32.2 Å². The van der Waals surface area contributed by atoms with E-state index in [2.05, 4.69) is 0 Å². The van der Waals surface area contributed by atoms with Crippen molar-refractivity contribution in [1.82, 2.24) is 0 Å². The van der Waals surface area contributed by atoms with Crippen molar-refractivity contribution in [2.45, 2.75) is 32.7 Å². The van der Waals surface area contributed by atoms with Crippen LogP contribution in [-0.2, 0) is 9.47 Å². The maximum absolute atomic E-state index is 5.73. The fourth-order valence-corrected chi connectivity index (χ4v) is 1.92. The van der Waals surface area contributed by atoms with Crippen LogP contribution in [0.15, 0.2) is 18.2 Å². The van der Waals surface area contributed by atoms with Crippen LogP contribution in [0.4, 0.5) is 0 Å². The molecule has 1 fully saturated rings. The summed E-state index contributed by atoms with van der Waals surface area (Å²) < 4.78 is 22.2. The highest BCUT2D eigenvalue weighted by Crippen LogP contribution is 2.29. The van der Waals surface area contributed by atoms with Crippen LogP contribution in [0.25, 0.3) is 0 Å². The summed E-state index contributed by atoms with van der Waals surface area (Å²) in [5.74, 6) is 0.968. The third kappa shape index (κ3) is 3.15. The largest absolute Gasteiger partial charge is 0.493 e. The molecule has 100 valence electrons. The number of benzene rings is 1. The maximum atomic E-state index is 5.73. The molecule has 0 amide bonds.